The number of piperazine rings is 1. The third-order valence-corrected chi connectivity index (χ3v) is 4.34. The number of hydrogen-bond donors (Lipinski definition) is 1. The summed E-state index contributed by atoms with van der Waals surface area (Å²) in [6.45, 7) is 11.1. The molecule has 5 nitrogen and oxygen atoms in total. The van der Waals surface area contributed by atoms with Crippen LogP contribution in [0.5, 0.6) is 0 Å². The molecule has 1 aromatic heterocycles. The third kappa shape index (κ3) is 3.03. The van der Waals surface area contributed by atoms with Gasteiger partial charge in [-0.15, -0.1) is 0 Å². The van der Waals surface area contributed by atoms with E-state index in [1.807, 2.05) is 7.05 Å². The largest absolute Gasteiger partial charge is 0.373 e. The predicted octanol–water partition coefficient (Wildman–Crippen LogP) is 2.00. The van der Waals surface area contributed by atoms with E-state index >= 15 is 0 Å². The van der Waals surface area contributed by atoms with Gasteiger partial charge in [0.15, 0.2) is 0 Å². The summed E-state index contributed by atoms with van der Waals surface area (Å²) in [6.07, 6.45) is 3.84. The molecule has 1 aliphatic heterocycles. The van der Waals surface area contributed by atoms with Gasteiger partial charge in [0, 0.05) is 44.8 Å². The number of hydrogen-bond acceptors (Lipinski definition) is 5. The number of nitrogens with zero attached hydrogens (tertiary/aromatic N) is 4. The van der Waals surface area contributed by atoms with Gasteiger partial charge >= 0.3 is 0 Å². The van der Waals surface area contributed by atoms with Crippen molar-refractivity contribution in [3.63, 3.8) is 0 Å². The van der Waals surface area contributed by atoms with Crippen LogP contribution in [0, 0.1) is 0 Å². The molecule has 2 heterocycles. The molecule has 1 aromatic rings. The quantitative estimate of drug-likeness (QED) is 0.892. The average molecular weight is 277 g/mol. The molecule has 5 heteroatoms. The average Bonchev–Trinajstić information content (AvgIpc) is 2.53. The molecule has 0 saturated carbocycles. The van der Waals surface area contributed by atoms with Crippen LogP contribution in [0.4, 0.5) is 11.6 Å². The Morgan fingerprint density at radius 3 is 2.45 bits per heavy atom. The highest BCUT2D eigenvalue weighted by atomic mass is 15.3. The van der Waals surface area contributed by atoms with Gasteiger partial charge < -0.3 is 10.2 Å². The molecule has 20 heavy (non-hydrogen) atoms. The Balaban J connectivity index is 2.11. The molecule has 0 radical (unpaired) electrons. The smallest absolute Gasteiger partial charge is 0.137 e. The van der Waals surface area contributed by atoms with Gasteiger partial charge in [0.05, 0.1) is 0 Å². The van der Waals surface area contributed by atoms with Gasteiger partial charge in [0.2, 0.25) is 0 Å². The summed E-state index contributed by atoms with van der Waals surface area (Å²) in [5, 5.41) is 3.17. The zero-order chi connectivity index (χ0) is 14.5. The maximum atomic E-state index is 4.53. The van der Waals surface area contributed by atoms with Crippen LogP contribution in [-0.4, -0.2) is 54.1 Å². The minimum absolute atomic E-state index is 0.682. The lowest BCUT2D eigenvalue weighted by atomic mass is 10.1. The van der Waals surface area contributed by atoms with E-state index in [1.165, 1.54) is 12.0 Å². The van der Waals surface area contributed by atoms with Crippen LogP contribution in [0.25, 0.3) is 0 Å². The van der Waals surface area contributed by atoms with E-state index in [2.05, 4.69) is 45.9 Å². The summed E-state index contributed by atoms with van der Waals surface area (Å²) >= 11 is 0. The second-order valence-electron chi connectivity index (χ2n) is 5.41. The lowest BCUT2D eigenvalue weighted by Crippen LogP contribution is -2.50. The first-order valence-corrected chi connectivity index (χ1v) is 7.71. The van der Waals surface area contributed by atoms with Crippen molar-refractivity contribution in [2.24, 2.45) is 0 Å². The van der Waals surface area contributed by atoms with Crippen molar-refractivity contribution >= 4 is 11.6 Å². The second-order valence-corrected chi connectivity index (χ2v) is 5.41. The molecule has 1 fully saturated rings. The van der Waals surface area contributed by atoms with Gasteiger partial charge in [-0.05, 0) is 19.8 Å². The summed E-state index contributed by atoms with van der Waals surface area (Å²) in [4.78, 5) is 13.8. The van der Waals surface area contributed by atoms with E-state index in [1.54, 1.807) is 6.33 Å². The first-order chi connectivity index (χ1) is 9.71. The summed E-state index contributed by atoms with van der Waals surface area (Å²) in [5.41, 5.74) is 1.23. The summed E-state index contributed by atoms with van der Waals surface area (Å²) < 4.78 is 0. The van der Waals surface area contributed by atoms with Crippen molar-refractivity contribution in [2.45, 2.75) is 39.7 Å². The predicted molar refractivity (Wildman–Crippen MR) is 84.5 cm³/mol. The van der Waals surface area contributed by atoms with Crippen molar-refractivity contribution < 1.29 is 0 Å². The summed E-state index contributed by atoms with van der Waals surface area (Å²) in [5.74, 6) is 2.07. The monoisotopic (exact) mass is 277 g/mol. The van der Waals surface area contributed by atoms with E-state index in [-0.39, 0.29) is 0 Å². The first kappa shape index (κ1) is 15.0. The van der Waals surface area contributed by atoms with E-state index in [9.17, 15) is 0 Å². The minimum Gasteiger partial charge on any atom is -0.373 e. The second kappa shape index (κ2) is 6.88. The number of anilines is 2. The molecular weight excluding hydrogens is 250 g/mol. The van der Waals surface area contributed by atoms with Gasteiger partial charge in [-0.25, -0.2) is 9.97 Å². The van der Waals surface area contributed by atoms with Gasteiger partial charge in [-0.2, -0.15) is 0 Å². The van der Waals surface area contributed by atoms with Crippen molar-refractivity contribution in [2.75, 3.05) is 43.4 Å². The van der Waals surface area contributed by atoms with Gasteiger partial charge in [0.25, 0.3) is 0 Å². The molecule has 1 aliphatic rings. The SMILES string of the molecule is CCc1c(NC)ncnc1N1CCN(C(C)CC)CC1. The Labute approximate surface area is 122 Å². The lowest BCUT2D eigenvalue weighted by Gasteiger charge is -2.39. The molecule has 0 spiro atoms. The van der Waals surface area contributed by atoms with Crippen LogP contribution in [-0.2, 0) is 6.42 Å². The Kier molecular flexibility index (Phi) is 5.17. The minimum atomic E-state index is 0.682. The molecule has 2 rings (SSSR count). The van der Waals surface area contributed by atoms with Crippen LogP contribution in [0.1, 0.15) is 32.8 Å². The fourth-order valence-corrected chi connectivity index (χ4v) is 2.85. The Bertz CT molecular complexity index is 426. The molecule has 0 amide bonds. The fraction of sp³-hybridized carbons (Fsp3) is 0.733. The molecule has 1 saturated heterocycles. The summed E-state index contributed by atoms with van der Waals surface area (Å²) in [7, 11) is 1.92. The van der Waals surface area contributed by atoms with Gasteiger partial charge in [-0.1, -0.05) is 13.8 Å². The standard InChI is InChI=1S/C15H27N5/c1-5-12(3)19-7-9-20(10-8-19)15-13(6-2)14(16-4)17-11-18-15/h11-12H,5-10H2,1-4H3,(H,16,17,18). The number of aromatic nitrogens is 2. The normalized spacial score (nSPS) is 18.1. The van der Waals surface area contributed by atoms with Crippen LogP contribution < -0.4 is 10.2 Å². The molecular formula is C15H27N5. The maximum Gasteiger partial charge on any atom is 0.137 e. The van der Waals surface area contributed by atoms with Crippen LogP contribution in [0.2, 0.25) is 0 Å². The van der Waals surface area contributed by atoms with E-state index < -0.39 is 0 Å². The lowest BCUT2D eigenvalue weighted by molar-refractivity contribution is 0.192. The van der Waals surface area contributed by atoms with E-state index in [0.717, 1.165) is 44.2 Å². The first-order valence-electron chi connectivity index (χ1n) is 7.71. The van der Waals surface area contributed by atoms with Gasteiger partial charge in [0.1, 0.15) is 18.0 Å². The third-order valence-electron chi connectivity index (χ3n) is 4.34. The van der Waals surface area contributed by atoms with Crippen LogP contribution in [0.15, 0.2) is 6.33 Å². The molecule has 0 aliphatic carbocycles. The maximum absolute atomic E-state index is 4.53. The zero-order valence-electron chi connectivity index (χ0n) is 13.2. The van der Waals surface area contributed by atoms with Crippen LogP contribution >= 0.6 is 0 Å². The molecule has 0 bridgehead atoms. The fourth-order valence-electron chi connectivity index (χ4n) is 2.85. The number of nitrogens with one attached hydrogen (secondary N) is 1. The number of rotatable bonds is 5. The zero-order valence-corrected chi connectivity index (χ0v) is 13.2. The van der Waals surface area contributed by atoms with E-state index in [4.69, 9.17) is 0 Å². The molecule has 112 valence electrons. The van der Waals surface area contributed by atoms with Crippen molar-refractivity contribution in [1.82, 2.24) is 14.9 Å². The van der Waals surface area contributed by atoms with Gasteiger partial charge in [-0.3, -0.25) is 4.90 Å². The highest BCUT2D eigenvalue weighted by Crippen LogP contribution is 2.25. The summed E-state index contributed by atoms with van der Waals surface area (Å²) in [6, 6.07) is 0.682. The van der Waals surface area contributed by atoms with E-state index in [0.29, 0.717) is 6.04 Å². The van der Waals surface area contributed by atoms with Crippen LogP contribution in [0.3, 0.4) is 0 Å². The Morgan fingerprint density at radius 1 is 1.20 bits per heavy atom. The Morgan fingerprint density at radius 2 is 1.90 bits per heavy atom. The molecule has 1 unspecified atom stereocenters. The Hall–Kier alpha value is -1.36. The van der Waals surface area contributed by atoms with Crippen molar-refractivity contribution in [3.8, 4) is 0 Å². The topological polar surface area (TPSA) is 44.3 Å². The highest BCUT2D eigenvalue weighted by Gasteiger charge is 2.23. The molecule has 1 N–H and O–H groups in total. The highest BCUT2D eigenvalue weighted by molar-refractivity contribution is 5.58. The van der Waals surface area contributed by atoms with Crippen molar-refractivity contribution in [3.05, 3.63) is 11.9 Å². The molecule has 0 aromatic carbocycles. The van der Waals surface area contributed by atoms with Crippen molar-refractivity contribution in [1.29, 1.82) is 0 Å². The molecule has 1 atom stereocenters.